The van der Waals surface area contributed by atoms with E-state index in [1.807, 2.05) is 24.3 Å². The Kier molecular flexibility index (Phi) is 5.57. The van der Waals surface area contributed by atoms with E-state index in [2.05, 4.69) is 10.1 Å². The number of rotatable bonds is 5. The molecule has 1 aliphatic rings. The third-order valence-corrected chi connectivity index (χ3v) is 5.08. The van der Waals surface area contributed by atoms with E-state index < -0.39 is 6.36 Å². The zero-order valence-corrected chi connectivity index (χ0v) is 16.5. The van der Waals surface area contributed by atoms with Crippen LogP contribution in [-0.2, 0) is 12.8 Å². The molecular formula is C22H22F3N3O2. The molecule has 2 heterocycles. The monoisotopic (exact) mass is 417 g/mol. The van der Waals surface area contributed by atoms with Crippen molar-refractivity contribution in [1.82, 2.24) is 9.78 Å². The third kappa shape index (κ3) is 4.37. The lowest BCUT2D eigenvalue weighted by atomic mass is 10.0. The minimum Gasteiger partial charge on any atom is -0.496 e. The Labute approximate surface area is 172 Å². The second kappa shape index (κ2) is 8.30. The first kappa shape index (κ1) is 20.1. The molecule has 0 amide bonds. The largest absolute Gasteiger partial charge is 0.573 e. The van der Waals surface area contributed by atoms with Gasteiger partial charge in [-0.05, 0) is 49.6 Å². The fourth-order valence-corrected chi connectivity index (χ4v) is 3.72. The lowest BCUT2D eigenvalue weighted by Crippen LogP contribution is -2.17. The number of hydrogen-bond acceptors (Lipinski definition) is 4. The number of halogens is 3. The highest BCUT2D eigenvalue weighted by molar-refractivity contribution is 5.56. The number of fused-ring (bicyclic) bond motifs is 1. The summed E-state index contributed by atoms with van der Waals surface area (Å²) in [6.07, 6.45) is -1.13. The van der Waals surface area contributed by atoms with Crippen LogP contribution in [0.4, 0.5) is 19.0 Å². The standard InChI is InChI=1S/C22H22F3N3O2/c1-29-20-8-3-2-6-15(20)14-19-18-7-4-5-13-26-21(18)28(27-19)16-9-11-17(12-10-16)30-22(23,24)25/h2-3,6,8-12,26H,4-5,7,13-14H2,1H3. The van der Waals surface area contributed by atoms with Crippen LogP contribution in [0, 0.1) is 0 Å². The van der Waals surface area contributed by atoms with Crippen molar-refractivity contribution in [1.29, 1.82) is 0 Å². The van der Waals surface area contributed by atoms with E-state index in [4.69, 9.17) is 9.84 Å². The Morgan fingerprint density at radius 1 is 1.07 bits per heavy atom. The Morgan fingerprint density at radius 3 is 2.57 bits per heavy atom. The number of para-hydroxylation sites is 1. The number of benzene rings is 2. The van der Waals surface area contributed by atoms with Crippen molar-refractivity contribution in [2.75, 3.05) is 19.0 Å². The minimum atomic E-state index is -4.71. The number of anilines is 1. The van der Waals surface area contributed by atoms with Gasteiger partial charge in [0.15, 0.2) is 0 Å². The van der Waals surface area contributed by atoms with Gasteiger partial charge in [-0.1, -0.05) is 18.2 Å². The zero-order chi connectivity index (χ0) is 21.1. The van der Waals surface area contributed by atoms with Gasteiger partial charge < -0.3 is 14.8 Å². The Balaban J connectivity index is 1.70. The second-order valence-electron chi connectivity index (χ2n) is 7.10. The second-order valence-corrected chi connectivity index (χ2v) is 7.10. The van der Waals surface area contributed by atoms with Gasteiger partial charge in [0.25, 0.3) is 0 Å². The van der Waals surface area contributed by atoms with Gasteiger partial charge in [0, 0.05) is 24.1 Å². The number of nitrogens with one attached hydrogen (secondary N) is 1. The number of methoxy groups -OCH3 is 1. The van der Waals surface area contributed by atoms with Gasteiger partial charge in [0.2, 0.25) is 0 Å². The first-order valence-electron chi connectivity index (χ1n) is 9.77. The normalized spacial score (nSPS) is 13.9. The fourth-order valence-electron chi connectivity index (χ4n) is 3.72. The van der Waals surface area contributed by atoms with Crippen molar-refractivity contribution >= 4 is 5.82 Å². The number of aromatic nitrogens is 2. The topological polar surface area (TPSA) is 48.3 Å². The fraction of sp³-hybridized carbons (Fsp3) is 0.318. The lowest BCUT2D eigenvalue weighted by Gasteiger charge is -2.11. The number of alkyl halides is 3. The van der Waals surface area contributed by atoms with E-state index in [9.17, 15) is 13.2 Å². The van der Waals surface area contributed by atoms with Crippen LogP contribution in [0.25, 0.3) is 5.69 Å². The molecule has 0 bridgehead atoms. The molecule has 0 spiro atoms. The molecule has 0 saturated heterocycles. The maximum atomic E-state index is 12.4. The molecule has 0 saturated carbocycles. The van der Waals surface area contributed by atoms with Gasteiger partial charge in [-0.25, -0.2) is 4.68 Å². The van der Waals surface area contributed by atoms with Crippen LogP contribution in [0.5, 0.6) is 11.5 Å². The summed E-state index contributed by atoms with van der Waals surface area (Å²) in [6.45, 7) is 0.821. The summed E-state index contributed by atoms with van der Waals surface area (Å²) >= 11 is 0. The number of hydrogen-bond donors (Lipinski definition) is 1. The predicted octanol–water partition coefficient (Wildman–Crippen LogP) is 5.12. The molecule has 5 nitrogen and oxygen atoms in total. The van der Waals surface area contributed by atoms with Crippen molar-refractivity contribution in [3.63, 3.8) is 0 Å². The van der Waals surface area contributed by atoms with Crippen molar-refractivity contribution < 1.29 is 22.6 Å². The first-order chi connectivity index (χ1) is 14.4. The summed E-state index contributed by atoms with van der Waals surface area (Å²) in [5.74, 6) is 1.43. The van der Waals surface area contributed by atoms with Crippen LogP contribution in [0.3, 0.4) is 0 Å². The lowest BCUT2D eigenvalue weighted by molar-refractivity contribution is -0.274. The van der Waals surface area contributed by atoms with Crippen LogP contribution in [0.1, 0.15) is 29.7 Å². The molecule has 1 N–H and O–H groups in total. The molecule has 2 aromatic carbocycles. The summed E-state index contributed by atoms with van der Waals surface area (Å²) in [7, 11) is 1.64. The van der Waals surface area contributed by atoms with Crippen LogP contribution in [0.15, 0.2) is 48.5 Å². The smallest absolute Gasteiger partial charge is 0.496 e. The molecule has 4 rings (SSSR count). The van der Waals surface area contributed by atoms with Gasteiger partial charge in [0.05, 0.1) is 18.5 Å². The van der Waals surface area contributed by atoms with E-state index in [0.29, 0.717) is 12.1 Å². The Bertz CT molecular complexity index is 1010. The molecule has 1 aromatic heterocycles. The summed E-state index contributed by atoms with van der Waals surface area (Å²) < 4.78 is 48.6. The van der Waals surface area contributed by atoms with Crippen molar-refractivity contribution in [3.8, 4) is 17.2 Å². The molecule has 1 aliphatic heterocycles. The van der Waals surface area contributed by atoms with Crippen LogP contribution >= 0.6 is 0 Å². The van der Waals surface area contributed by atoms with Gasteiger partial charge in [-0.3, -0.25) is 0 Å². The summed E-state index contributed by atoms with van der Waals surface area (Å²) in [5.41, 5.74) is 3.76. The van der Waals surface area contributed by atoms with Gasteiger partial charge in [0.1, 0.15) is 17.3 Å². The van der Waals surface area contributed by atoms with Crippen molar-refractivity contribution in [2.24, 2.45) is 0 Å². The van der Waals surface area contributed by atoms with E-state index in [0.717, 1.165) is 54.2 Å². The Morgan fingerprint density at radius 2 is 1.83 bits per heavy atom. The molecule has 8 heteroatoms. The quantitative estimate of drug-likeness (QED) is 0.626. The molecule has 0 radical (unpaired) electrons. The molecule has 3 aromatic rings. The van der Waals surface area contributed by atoms with E-state index in [1.165, 1.54) is 12.1 Å². The first-order valence-corrected chi connectivity index (χ1v) is 9.77. The summed E-state index contributed by atoms with van der Waals surface area (Å²) in [6, 6.07) is 13.6. The molecule has 0 atom stereocenters. The molecule has 30 heavy (non-hydrogen) atoms. The highest BCUT2D eigenvalue weighted by atomic mass is 19.4. The van der Waals surface area contributed by atoms with E-state index >= 15 is 0 Å². The van der Waals surface area contributed by atoms with Crippen LogP contribution in [-0.4, -0.2) is 29.8 Å². The minimum absolute atomic E-state index is 0.258. The van der Waals surface area contributed by atoms with Gasteiger partial charge >= 0.3 is 6.36 Å². The molecule has 0 unspecified atom stereocenters. The SMILES string of the molecule is COc1ccccc1Cc1nn(-c2ccc(OC(F)(F)F)cc2)c2c1CCCCN2. The predicted molar refractivity (Wildman–Crippen MR) is 107 cm³/mol. The van der Waals surface area contributed by atoms with Crippen LogP contribution in [0.2, 0.25) is 0 Å². The highest BCUT2D eigenvalue weighted by Crippen LogP contribution is 2.32. The molecule has 0 aliphatic carbocycles. The number of ether oxygens (including phenoxy) is 2. The zero-order valence-electron chi connectivity index (χ0n) is 16.5. The average molecular weight is 417 g/mol. The summed E-state index contributed by atoms with van der Waals surface area (Å²) in [5, 5.41) is 8.25. The summed E-state index contributed by atoms with van der Waals surface area (Å²) in [4.78, 5) is 0. The molecular weight excluding hydrogens is 395 g/mol. The van der Waals surface area contributed by atoms with E-state index in [1.54, 1.807) is 23.9 Å². The molecule has 158 valence electrons. The average Bonchev–Trinajstić information content (AvgIpc) is 2.89. The Hall–Kier alpha value is -3.16. The van der Waals surface area contributed by atoms with E-state index in [-0.39, 0.29) is 5.75 Å². The molecule has 0 fully saturated rings. The maximum absolute atomic E-state index is 12.4. The highest BCUT2D eigenvalue weighted by Gasteiger charge is 2.31. The van der Waals surface area contributed by atoms with Gasteiger partial charge in [-0.2, -0.15) is 5.10 Å². The van der Waals surface area contributed by atoms with Crippen molar-refractivity contribution in [3.05, 3.63) is 65.4 Å². The van der Waals surface area contributed by atoms with Gasteiger partial charge in [-0.15, -0.1) is 13.2 Å². The van der Waals surface area contributed by atoms with Crippen LogP contribution < -0.4 is 14.8 Å². The maximum Gasteiger partial charge on any atom is 0.573 e. The van der Waals surface area contributed by atoms with Crippen molar-refractivity contribution in [2.45, 2.75) is 32.0 Å². The third-order valence-electron chi connectivity index (χ3n) is 5.08. The number of nitrogens with zero attached hydrogens (tertiary/aromatic N) is 2.